The van der Waals surface area contributed by atoms with Gasteiger partial charge in [0.1, 0.15) is 5.82 Å². The number of amides is 2. The van der Waals surface area contributed by atoms with Gasteiger partial charge >= 0.3 is 6.03 Å². The number of halogens is 1. The summed E-state index contributed by atoms with van der Waals surface area (Å²) in [5.74, 6) is -0.366. The summed E-state index contributed by atoms with van der Waals surface area (Å²) >= 11 is 0. The highest BCUT2D eigenvalue weighted by Crippen LogP contribution is 2.13. The largest absolute Gasteiger partial charge is 0.387 e. The number of aliphatic hydroxyl groups excluding tert-OH is 1. The van der Waals surface area contributed by atoms with Crippen LogP contribution in [0, 0.1) is 5.82 Å². The van der Waals surface area contributed by atoms with Crippen LogP contribution < -0.4 is 10.6 Å². The summed E-state index contributed by atoms with van der Waals surface area (Å²) in [5.41, 5.74) is 2.32. The summed E-state index contributed by atoms with van der Waals surface area (Å²) in [4.78, 5) is 14.0. The van der Waals surface area contributed by atoms with E-state index in [0.29, 0.717) is 11.3 Å². The molecule has 2 rings (SSSR count). The minimum absolute atomic E-state index is 0.0366. The van der Waals surface area contributed by atoms with Crippen LogP contribution >= 0.6 is 0 Å². The Labute approximate surface area is 141 Å². The van der Waals surface area contributed by atoms with E-state index in [0.717, 1.165) is 12.1 Å². The first-order valence-corrected chi connectivity index (χ1v) is 7.66. The molecule has 2 amide bonds. The van der Waals surface area contributed by atoms with E-state index in [4.69, 9.17) is 0 Å². The van der Waals surface area contributed by atoms with E-state index in [-0.39, 0.29) is 12.4 Å². The van der Waals surface area contributed by atoms with E-state index in [9.17, 15) is 14.3 Å². The number of rotatable bonds is 6. The molecule has 0 fully saturated rings. The Morgan fingerprint density at radius 3 is 2.58 bits per heavy atom. The zero-order chi connectivity index (χ0) is 17.5. The van der Waals surface area contributed by atoms with Crippen molar-refractivity contribution in [3.63, 3.8) is 0 Å². The first-order valence-electron chi connectivity index (χ1n) is 7.66. The molecule has 0 aliphatic carbocycles. The Bertz CT molecular complexity index is 674. The highest BCUT2D eigenvalue weighted by atomic mass is 19.1. The molecule has 6 heteroatoms. The zero-order valence-electron chi connectivity index (χ0n) is 13.8. The van der Waals surface area contributed by atoms with Crippen LogP contribution in [0.4, 0.5) is 14.9 Å². The molecule has 0 bridgehead atoms. The van der Waals surface area contributed by atoms with Gasteiger partial charge in [0.15, 0.2) is 0 Å². The average Bonchev–Trinajstić information content (AvgIpc) is 2.53. The lowest BCUT2D eigenvalue weighted by Gasteiger charge is -2.14. The fourth-order valence-corrected chi connectivity index (χ4v) is 2.28. The Hall–Kier alpha value is -2.44. The lowest BCUT2D eigenvalue weighted by molar-refractivity contribution is 0.175. The highest BCUT2D eigenvalue weighted by Gasteiger charge is 2.10. The van der Waals surface area contributed by atoms with Crippen molar-refractivity contribution in [1.29, 1.82) is 0 Å². The Balaban J connectivity index is 1.85. The van der Waals surface area contributed by atoms with Crippen molar-refractivity contribution in [2.24, 2.45) is 0 Å². The predicted octanol–water partition coefficient (Wildman–Crippen LogP) is 2.74. The molecule has 1 atom stereocenters. The van der Waals surface area contributed by atoms with Crippen molar-refractivity contribution in [2.45, 2.75) is 12.6 Å². The van der Waals surface area contributed by atoms with Crippen LogP contribution in [0.25, 0.3) is 0 Å². The van der Waals surface area contributed by atoms with Crippen molar-refractivity contribution < 1.29 is 14.3 Å². The van der Waals surface area contributed by atoms with Gasteiger partial charge in [-0.1, -0.05) is 24.3 Å². The number of carbonyl (C=O) groups excluding carboxylic acids is 1. The van der Waals surface area contributed by atoms with Crippen LogP contribution in [0.1, 0.15) is 17.2 Å². The molecule has 3 N–H and O–H groups in total. The number of benzene rings is 2. The standard InChI is InChI=1S/C18H22FN3O2/c1-22(2)12-13-4-3-5-16(10-13)21-18(24)20-11-17(23)14-6-8-15(19)9-7-14/h3-10,17,23H,11-12H2,1-2H3,(H2,20,21,24). The number of nitrogens with one attached hydrogen (secondary N) is 2. The van der Waals surface area contributed by atoms with Crippen molar-refractivity contribution in [1.82, 2.24) is 10.2 Å². The molecule has 128 valence electrons. The van der Waals surface area contributed by atoms with Gasteiger partial charge in [0.05, 0.1) is 6.10 Å². The first-order chi connectivity index (χ1) is 11.4. The average molecular weight is 331 g/mol. The lowest BCUT2D eigenvalue weighted by Crippen LogP contribution is -2.32. The second kappa shape index (κ2) is 8.42. The van der Waals surface area contributed by atoms with E-state index < -0.39 is 12.1 Å². The minimum atomic E-state index is -0.892. The number of hydrogen-bond acceptors (Lipinski definition) is 3. The maximum Gasteiger partial charge on any atom is 0.319 e. The topological polar surface area (TPSA) is 64.6 Å². The van der Waals surface area contributed by atoms with Gasteiger partial charge < -0.3 is 20.6 Å². The molecule has 0 heterocycles. The molecule has 0 radical (unpaired) electrons. The molecule has 0 saturated heterocycles. The number of nitrogens with zero attached hydrogens (tertiary/aromatic N) is 1. The van der Waals surface area contributed by atoms with Gasteiger partial charge in [0.2, 0.25) is 0 Å². The molecular formula is C18H22FN3O2. The van der Waals surface area contributed by atoms with Crippen molar-refractivity contribution >= 4 is 11.7 Å². The van der Waals surface area contributed by atoms with E-state index in [2.05, 4.69) is 10.6 Å². The molecule has 0 aliphatic rings. The van der Waals surface area contributed by atoms with Gasteiger partial charge in [-0.05, 0) is 49.5 Å². The van der Waals surface area contributed by atoms with Crippen LogP contribution in [-0.2, 0) is 6.54 Å². The fourth-order valence-electron chi connectivity index (χ4n) is 2.28. The third kappa shape index (κ3) is 5.64. The third-order valence-corrected chi connectivity index (χ3v) is 3.39. The van der Waals surface area contributed by atoms with Crippen molar-refractivity contribution in [2.75, 3.05) is 26.0 Å². The van der Waals surface area contributed by atoms with E-state index in [1.807, 2.05) is 37.2 Å². The van der Waals surface area contributed by atoms with Gasteiger partial charge in [-0.25, -0.2) is 9.18 Å². The van der Waals surface area contributed by atoms with Gasteiger partial charge in [-0.3, -0.25) is 0 Å². The summed E-state index contributed by atoms with van der Waals surface area (Å²) in [6, 6.07) is 12.7. The van der Waals surface area contributed by atoms with Crippen LogP contribution in [0.5, 0.6) is 0 Å². The molecule has 2 aromatic carbocycles. The molecule has 0 aliphatic heterocycles. The monoisotopic (exact) mass is 331 g/mol. The maximum atomic E-state index is 12.9. The van der Waals surface area contributed by atoms with E-state index in [1.54, 1.807) is 6.07 Å². The van der Waals surface area contributed by atoms with Crippen molar-refractivity contribution in [3.8, 4) is 0 Å². The summed E-state index contributed by atoms with van der Waals surface area (Å²) in [5, 5.41) is 15.3. The van der Waals surface area contributed by atoms with Gasteiger partial charge in [0, 0.05) is 18.8 Å². The van der Waals surface area contributed by atoms with Crippen molar-refractivity contribution in [3.05, 3.63) is 65.5 Å². The Kier molecular flexibility index (Phi) is 6.28. The normalized spacial score (nSPS) is 12.0. The first kappa shape index (κ1) is 17.9. The molecular weight excluding hydrogens is 309 g/mol. The predicted molar refractivity (Wildman–Crippen MR) is 92.2 cm³/mol. The summed E-state index contributed by atoms with van der Waals surface area (Å²) < 4.78 is 12.9. The molecule has 5 nitrogen and oxygen atoms in total. The smallest absolute Gasteiger partial charge is 0.319 e. The lowest BCUT2D eigenvalue weighted by atomic mass is 10.1. The zero-order valence-corrected chi connectivity index (χ0v) is 13.8. The molecule has 2 aromatic rings. The number of carbonyl (C=O) groups is 1. The third-order valence-electron chi connectivity index (χ3n) is 3.39. The Morgan fingerprint density at radius 1 is 1.21 bits per heavy atom. The maximum absolute atomic E-state index is 12.9. The summed E-state index contributed by atoms with van der Waals surface area (Å²) in [6.45, 7) is 0.815. The van der Waals surface area contributed by atoms with Crippen LogP contribution in [-0.4, -0.2) is 36.7 Å². The molecule has 0 aromatic heterocycles. The number of urea groups is 1. The number of hydrogen-bond donors (Lipinski definition) is 3. The summed E-state index contributed by atoms with van der Waals surface area (Å²) in [6.07, 6.45) is -0.892. The minimum Gasteiger partial charge on any atom is -0.387 e. The van der Waals surface area contributed by atoms with Gasteiger partial charge in [0.25, 0.3) is 0 Å². The van der Waals surface area contributed by atoms with Gasteiger partial charge in [-0.15, -0.1) is 0 Å². The highest BCUT2D eigenvalue weighted by molar-refractivity contribution is 5.89. The molecule has 0 spiro atoms. The molecule has 1 unspecified atom stereocenters. The number of anilines is 1. The van der Waals surface area contributed by atoms with E-state index in [1.165, 1.54) is 24.3 Å². The van der Waals surface area contributed by atoms with E-state index >= 15 is 0 Å². The van der Waals surface area contributed by atoms with Crippen LogP contribution in [0.2, 0.25) is 0 Å². The fraction of sp³-hybridized carbons (Fsp3) is 0.278. The van der Waals surface area contributed by atoms with Crippen LogP contribution in [0.3, 0.4) is 0 Å². The summed E-state index contributed by atoms with van der Waals surface area (Å²) in [7, 11) is 3.95. The molecule has 24 heavy (non-hydrogen) atoms. The Morgan fingerprint density at radius 2 is 1.92 bits per heavy atom. The quantitative estimate of drug-likeness (QED) is 0.763. The SMILES string of the molecule is CN(C)Cc1cccc(NC(=O)NCC(O)c2ccc(F)cc2)c1. The second-order valence-corrected chi connectivity index (χ2v) is 5.84. The van der Waals surface area contributed by atoms with Gasteiger partial charge in [-0.2, -0.15) is 0 Å². The molecule has 0 saturated carbocycles. The second-order valence-electron chi connectivity index (χ2n) is 5.84. The number of aliphatic hydroxyl groups is 1. The van der Waals surface area contributed by atoms with Crippen LogP contribution in [0.15, 0.2) is 48.5 Å².